The SMILES string of the molecule is CCCC[OH+]. The van der Waals surface area contributed by atoms with Crippen molar-refractivity contribution in [2.45, 2.75) is 19.8 Å². The fraction of sp³-hybridized carbons (Fsp3) is 1.00. The van der Waals surface area contributed by atoms with Crippen molar-refractivity contribution in [3.05, 3.63) is 0 Å². The highest BCUT2D eigenvalue weighted by molar-refractivity contribution is 4.23. The van der Waals surface area contributed by atoms with Gasteiger partial charge in [0, 0.05) is 6.42 Å². The topological polar surface area (TPSA) is 21.4 Å². The number of hydrogen-bond acceptors (Lipinski definition) is 1. The summed E-state index contributed by atoms with van der Waals surface area (Å²) in [4.78, 5) is 0. The molecule has 0 aliphatic carbocycles. The van der Waals surface area contributed by atoms with Gasteiger partial charge in [-0.3, -0.25) is 0 Å². The van der Waals surface area contributed by atoms with E-state index in [1.54, 1.807) is 0 Å². The van der Waals surface area contributed by atoms with Crippen LogP contribution in [-0.2, 0) is 0 Å². The van der Waals surface area contributed by atoms with E-state index in [0.29, 0.717) is 6.61 Å². The monoisotopic (exact) mass is 74.1 g/mol. The van der Waals surface area contributed by atoms with E-state index in [-0.39, 0.29) is 0 Å². The summed E-state index contributed by atoms with van der Waals surface area (Å²) in [6, 6.07) is 0. The van der Waals surface area contributed by atoms with Crippen LogP contribution in [0.1, 0.15) is 19.8 Å². The second kappa shape index (κ2) is 3.96. The molecule has 0 aliphatic rings. The Morgan fingerprint density at radius 1 is 1.60 bits per heavy atom. The van der Waals surface area contributed by atoms with Crippen molar-refractivity contribution in [2.24, 2.45) is 0 Å². The Labute approximate surface area is 32.6 Å². The summed E-state index contributed by atoms with van der Waals surface area (Å²) < 4.78 is 0. The van der Waals surface area contributed by atoms with Crippen LogP contribution >= 0.6 is 0 Å². The van der Waals surface area contributed by atoms with Gasteiger partial charge in [0.05, 0.1) is 0 Å². The summed E-state index contributed by atoms with van der Waals surface area (Å²) in [5, 5.41) is 8.07. The molecule has 1 heteroatoms. The van der Waals surface area contributed by atoms with Gasteiger partial charge < -0.3 is 0 Å². The molecule has 0 aromatic heterocycles. The van der Waals surface area contributed by atoms with Gasteiger partial charge in [-0.1, -0.05) is 6.92 Å². The first kappa shape index (κ1) is 4.96. The van der Waals surface area contributed by atoms with Crippen molar-refractivity contribution in [2.75, 3.05) is 6.61 Å². The molecule has 0 saturated carbocycles. The Morgan fingerprint density at radius 2 is 2.20 bits per heavy atom. The molecule has 0 fully saturated rings. The van der Waals surface area contributed by atoms with Crippen LogP contribution in [0, 0.1) is 0 Å². The maximum atomic E-state index is 8.07. The summed E-state index contributed by atoms with van der Waals surface area (Å²) >= 11 is 0. The average molecular weight is 74.1 g/mol. The Morgan fingerprint density at radius 3 is 2.20 bits per heavy atom. The van der Waals surface area contributed by atoms with Gasteiger partial charge in [0.1, 0.15) is 0 Å². The molecule has 0 unspecified atom stereocenters. The highest BCUT2D eigenvalue weighted by Crippen LogP contribution is 1.78. The molecule has 0 spiro atoms. The minimum Gasteiger partial charge on any atom is -0.162 e. The molecule has 0 aliphatic heterocycles. The molecule has 0 bridgehead atoms. The van der Waals surface area contributed by atoms with Gasteiger partial charge in [0.2, 0.25) is 6.61 Å². The lowest BCUT2D eigenvalue weighted by Gasteiger charge is -1.71. The van der Waals surface area contributed by atoms with Gasteiger partial charge in [-0.05, 0) is 6.42 Å². The molecule has 31 valence electrons. The van der Waals surface area contributed by atoms with Crippen LogP contribution in [0.15, 0.2) is 0 Å². The summed E-state index contributed by atoms with van der Waals surface area (Å²) in [5.41, 5.74) is 0. The van der Waals surface area contributed by atoms with Crippen LogP contribution < -0.4 is 0 Å². The third kappa shape index (κ3) is 3.96. The molecule has 5 heavy (non-hydrogen) atoms. The van der Waals surface area contributed by atoms with Crippen molar-refractivity contribution in [1.82, 2.24) is 0 Å². The smallest absolute Gasteiger partial charge is 0.162 e. The molecule has 0 amide bonds. The van der Waals surface area contributed by atoms with Gasteiger partial charge in [0.25, 0.3) is 0 Å². The largest absolute Gasteiger partial charge is 0.216 e. The van der Waals surface area contributed by atoms with Crippen molar-refractivity contribution in [3.63, 3.8) is 0 Å². The van der Waals surface area contributed by atoms with E-state index in [1.807, 2.05) is 0 Å². The first-order chi connectivity index (χ1) is 2.41. The second-order valence-corrected chi connectivity index (χ2v) is 1.08. The van der Waals surface area contributed by atoms with Crippen molar-refractivity contribution in [1.29, 1.82) is 0 Å². The molecule has 1 N–H and O–H groups in total. The van der Waals surface area contributed by atoms with Gasteiger partial charge >= 0.3 is 0 Å². The Hall–Kier alpha value is -0.0400. The first-order valence-corrected chi connectivity index (χ1v) is 2.02. The van der Waals surface area contributed by atoms with Crippen LogP contribution in [0.5, 0.6) is 0 Å². The van der Waals surface area contributed by atoms with Crippen molar-refractivity contribution < 1.29 is 5.11 Å². The lowest BCUT2D eigenvalue weighted by atomic mass is 10.4. The fourth-order valence-corrected chi connectivity index (χ4v) is 0.158. The van der Waals surface area contributed by atoms with Gasteiger partial charge in [-0.15, -0.1) is 0 Å². The highest BCUT2D eigenvalue weighted by atomic mass is 16.2. The number of rotatable bonds is 2. The third-order valence-electron chi connectivity index (χ3n) is 0.512. The predicted octanol–water partition coefficient (Wildman–Crippen LogP) is 0.779. The van der Waals surface area contributed by atoms with Crippen LogP contribution in [0.4, 0.5) is 0 Å². The zero-order chi connectivity index (χ0) is 4.12. The van der Waals surface area contributed by atoms with Crippen LogP contribution in [0.3, 0.4) is 0 Å². The van der Waals surface area contributed by atoms with Crippen LogP contribution in [0.2, 0.25) is 0 Å². The zero-order valence-electron chi connectivity index (χ0n) is 3.57. The molecule has 0 aromatic carbocycles. The zero-order valence-corrected chi connectivity index (χ0v) is 3.57. The quantitative estimate of drug-likeness (QED) is 0.443. The molecule has 0 atom stereocenters. The molecule has 1 nitrogen and oxygen atoms in total. The minimum atomic E-state index is 0.344. The number of hydrogen-bond donors (Lipinski definition) is 0. The lowest BCUT2D eigenvalue weighted by molar-refractivity contribution is 0.287. The summed E-state index contributed by atoms with van der Waals surface area (Å²) in [6.07, 6.45) is 2.04. The van der Waals surface area contributed by atoms with E-state index in [4.69, 9.17) is 5.11 Å². The van der Waals surface area contributed by atoms with Gasteiger partial charge in [-0.25, -0.2) is 0 Å². The predicted molar refractivity (Wildman–Crippen MR) is 22.0 cm³/mol. The van der Waals surface area contributed by atoms with E-state index < -0.39 is 0 Å². The summed E-state index contributed by atoms with van der Waals surface area (Å²) in [6.45, 7) is 2.40. The van der Waals surface area contributed by atoms with Gasteiger partial charge in [0.15, 0.2) is 0 Å². The standard InChI is InChI=1S/C4H10O/c1-2-3-4-5/h5H,2-4H2,1H3/q+1. The van der Waals surface area contributed by atoms with E-state index >= 15 is 0 Å². The minimum absolute atomic E-state index is 0.344. The third-order valence-corrected chi connectivity index (χ3v) is 0.512. The van der Waals surface area contributed by atoms with Gasteiger partial charge in [-0.2, -0.15) is 5.11 Å². The molecule has 0 saturated heterocycles. The molecular weight excluding hydrogens is 64.0 g/mol. The number of aliphatic hydroxyl groups is 1. The Kier molecular flexibility index (Phi) is 3.93. The van der Waals surface area contributed by atoms with Crippen LogP contribution in [-0.4, -0.2) is 11.7 Å². The number of unbranched alkanes of at least 4 members (excludes halogenated alkanes) is 1. The summed E-state index contributed by atoms with van der Waals surface area (Å²) in [7, 11) is 0. The van der Waals surface area contributed by atoms with E-state index in [2.05, 4.69) is 6.92 Å². The number of aliphatic hydroxyl groups excluding tert-OH is 1. The maximum Gasteiger partial charge on any atom is 0.216 e. The molecule has 0 rings (SSSR count). The first-order valence-electron chi connectivity index (χ1n) is 2.02. The van der Waals surface area contributed by atoms with E-state index in [9.17, 15) is 0 Å². The highest BCUT2D eigenvalue weighted by Gasteiger charge is 1.77. The fourth-order valence-electron chi connectivity index (χ4n) is 0.158. The summed E-state index contributed by atoms with van der Waals surface area (Å²) in [5.74, 6) is 0. The Bertz CT molecular complexity index is 11.1. The molecule has 0 aromatic rings. The lowest BCUT2D eigenvalue weighted by Crippen LogP contribution is -1.75. The molecule has 0 heterocycles. The second-order valence-electron chi connectivity index (χ2n) is 1.08. The average Bonchev–Trinajstić information content (AvgIpc) is 1.41. The normalized spacial score (nSPS) is 8.40. The van der Waals surface area contributed by atoms with Crippen molar-refractivity contribution in [3.8, 4) is 0 Å². The Balaban J connectivity index is 2.19. The van der Waals surface area contributed by atoms with Crippen molar-refractivity contribution >= 4 is 0 Å². The van der Waals surface area contributed by atoms with E-state index in [0.717, 1.165) is 12.8 Å². The molecular formula is C4H10O+. The van der Waals surface area contributed by atoms with E-state index in [1.165, 1.54) is 0 Å². The molecule has 1 radical (unpaired) electrons. The maximum absolute atomic E-state index is 8.07. The van der Waals surface area contributed by atoms with Crippen LogP contribution in [0.25, 0.3) is 0 Å².